The SMILES string of the molecule is CCCN(CCC)C(=O)CN(Cc1ccco1)C(C)=O. The first kappa shape index (κ1) is 16.3. The highest BCUT2D eigenvalue weighted by Gasteiger charge is 2.19. The van der Waals surface area contributed by atoms with Crippen LogP contribution in [0, 0.1) is 0 Å². The predicted molar refractivity (Wildman–Crippen MR) is 77.0 cm³/mol. The molecular weight excluding hydrogens is 256 g/mol. The third-order valence-corrected chi connectivity index (χ3v) is 3.04. The summed E-state index contributed by atoms with van der Waals surface area (Å²) >= 11 is 0. The quantitative estimate of drug-likeness (QED) is 0.734. The fraction of sp³-hybridized carbons (Fsp3) is 0.600. The fourth-order valence-electron chi connectivity index (χ4n) is 2.03. The second-order valence-corrected chi connectivity index (χ2v) is 4.84. The standard InChI is InChI=1S/C15H24N2O3/c1-4-8-16(9-5-2)15(19)12-17(13(3)18)11-14-7-6-10-20-14/h6-7,10H,4-5,8-9,11-12H2,1-3H3. The number of carbonyl (C=O) groups is 2. The van der Waals surface area contributed by atoms with Gasteiger partial charge in [-0.15, -0.1) is 0 Å². The Morgan fingerprint density at radius 1 is 1.15 bits per heavy atom. The molecular formula is C15H24N2O3. The second-order valence-electron chi connectivity index (χ2n) is 4.84. The maximum Gasteiger partial charge on any atom is 0.242 e. The van der Waals surface area contributed by atoms with Crippen molar-refractivity contribution in [2.24, 2.45) is 0 Å². The van der Waals surface area contributed by atoms with Crippen LogP contribution in [0.2, 0.25) is 0 Å². The molecule has 0 saturated heterocycles. The van der Waals surface area contributed by atoms with Crippen LogP contribution in [0.25, 0.3) is 0 Å². The maximum atomic E-state index is 12.3. The summed E-state index contributed by atoms with van der Waals surface area (Å²) in [7, 11) is 0. The topological polar surface area (TPSA) is 53.8 Å². The molecule has 1 heterocycles. The van der Waals surface area contributed by atoms with Crippen LogP contribution in [0.3, 0.4) is 0 Å². The molecule has 0 radical (unpaired) electrons. The van der Waals surface area contributed by atoms with Gasteiger partial charge in [0.2, 0.25) is 11.8 Å². The Bertz CT molecular complexity index is 409. The predicted octanol–water partition coefficient (Wildman–Crippen LogP) is 2.28. The summed E-state index contributed by atoms with van der Waals surface area (Å²) in [5.41, 5.74) is 0. The first-order chi connectivity index (χ1) is 9.58. The average Bonchev–Trinajstić information content (AvgIpc) is 2.90. The minimum Gasteiger partial charge on any atom is -0.467 e. The molecule has 0 atom stereocenters. The Hall–Kier alpha value is -1.78. The lowest BCUT2D eigenvalue weighted by atomic mass is 10.3. The Labute approximate surface area is 120 Å². The van der Waals surface area contributed by atoms with Crippen LogP contribution < -0.4 is 0 Å². The summed E-state index contributed by atoms with van der Waals surface area (Å²) < 4.78 is 5.23. The molecule has 0 aliphatic rings. The Balaban J connectivity index is 2.64. The molecule has 0 unspecified atom stereocenters. The fourth-order valence-corrected chi connectivity index (χ4v) is 2.03. The van der Waals surface area contributed by atoms with E-state index in [1.165, 1.54) is 11.8 Å². The van der Waals surface area contributed by atoms with E-state index in [-0.39, 0.29) is 18.4 Å². The summed E-state index contributed by atoms with van der Waals surface area (Å²) in [5.74, 6) is 0.559. The minimum absolute atomic E-state index is 0.00421. The number of carbonyl (C=O) groups excluding carboxylic acids is 2. The van der Waals surface area contributed by atoms with Gasteiger partial charge in [-0.3, -0.25) is 9.59 Å². The number of amides is 2. The molecule has 1 aromatic heterocycles. The summed E-state index contributed by atoms with van der Waals surface area (Å²) in [6.45, 7) is 7.47. The molecule has 0 fully saturated rings. The van der Waals surface area contributed by atoms with Crippen LogP contribution in [-0.4, -0.2) is 41.2 Å². The van der Waals surface area contributed by atoms with E-state index >= 15 is 0 Å². The molecule has 112 valence electrons. The molecule has 0 bridgehead atoms. The first-order valence-electron chi connectivity index (χ1n) is 7.14. The van der Waals surface area contributed by atoms with Crippen LogP contribution in [-0.2, 0) is 16.1 Å². The minimum atomic E-state index is -0.123. The van der Waals surface area contributed by atoms with E-state index in [9.17, 15) is 9.59 Å². The van der Waals surface area contributed by atoms with Crippen LogP contribution >= 0.6 is 0 Å². The van der Waals surface area contributed by atoms with Gasteiger partial charge < -0.3 is 14.2 Å². The summed E-state index contributed by atoms with van der Waals surface area (Å²) in [5, 5.41) is 0. The highest BCUT2D eigenvalue weighted by molar-refractivity contribution is 5.83. The second kappa shape index (κ2) is 8.40. The van der Waals surface area contributed by atoms with Crippen molar-refractivity contribution < 1.29 is 14.0 Å². The molecule has 20 heavy (non-hydrogen) atoms. The van der Waals surface area contributed by atoms with Gasteiger partial charge in [-0.25, -0.2) is 0 Å². The first-order valence-corrected chi connectivity index (χ1v) is 7.14. The zero-order chi connectivity index (χ0) is 15.0. The van der Waals surface area contributed by atoms with Crippen molar-refractivity contribution in [3.05, 3.63) is 24.2 Å². The van der Waals surface area contributed by atoms with Crippen molar-refractivity contribution >= 4 is 11.8 Å². The summed E-state index contributed by atoms with van der Waals surface area (Å²) in [4.78, 5) is 27.3. The van der Waals surface area contributed by atoms with Crippen molar-refractivity contribution in [3.8, 4) is 0 Å². The van der Waals surface area contributed by atoms with Gasteiger partial charge in [-0.05, 0) is 25.0 Å². The van der Waals surface area contributed by atoms with E-state index in [1.807, 2.05) is 18.7 Å². The van der Waals surface area contributed by atoms with Gasteiger partial charge >= 0.3 is 0 Å². The van der Waals surface area contributed by atoms with Crippen LogP contribution in [0.5, 0.6) is 0 Å². The van der Waals surface area contributed by atoms with Crippen LogP contribution in [0.4, 0.5) is 0 Å². The number of furan rings is 1. The third kappa shape index (κ3) is 5.07. The van der Waals surface area contributed by atoms with Gasteiger partial charge in [0, 0.05) is 20.0 Å². The van der Waals surface area contributed by atoms with E-state index < -0.39 is 0 Å². The van der Waals surface area contributed by atoms with Crippen molar-refractivity contribution in [2.45, 2.75) is 40.2 Å². The lowest BCUT2D eigenvalue weighted by Gasteiger charge is -2.26. The van der Waals surface area contributed by atoms with Crippen LogP contribution in [0.15, 0.2) is 22.8 Å². The van der Waals surface area contributed by atoms with E-state index in [0.29, 0.717) is 12.3 Å². The molecule has 1 rings (SSSR count). The number of rotatable bonds is 8. The molecule has 0 aromatic carbocycles. The third-order valence-electron chi connectivity index (χ3n) is 3.04. The molecule has 0 spiro atoms. The molecule has 5 nitrogen and oxygen atoms in total. The highest BCUT2D eigenvalue weighted by atomic mass is 16.3. The van der Waals surface area contributed by atoms with Gasteiger partial charge in [0.05, 0.1) is 12.8 Å². The molecule has 0 N–H and O–H groups in total. The zero-order valence-electron chi connectivity index (χ0n) is 12.6. The van der Waals surface area contributed by atoms with Gasteiger partial charge in [0.25, 0.3) is 0 Å². The van der Waals surface area contributed by atoms with Gasteiger partial charge in [0.1, 0.15) is 12.3 Å². The van der Waals surface area contributed by atoms with Gasteiger partial charge in [-0.2, -0.15) is 0 Å². The van der Waals surface area contributed by atoms with Crippen LogP contribution in [0.1, 0.15) is 39.4 Å². The van der Waals surface area contributed by atoms with Crippen molar-refractivity contribution in [1.82, 2.24) is 9.80 Å². The smallest absolute Gasteiger partial charge is 0.242 e. The normalized spacial score (nSPS) is 10.3. The lowest BCUT2D eigenvalue weighted by Crippen LogP contribution is -2.42. The molecule has 0 aliphatic carbocycles. The van der Waals surface area contributed by atoms with E-state index in [2.05, 4.69) is 0 Å². The average molecular weight is 280 g/mol. The summed E-state index contributed by atoms with van der Waals surface area (Å²) in [6.07, 6.45) is 3.41. The largest absolute Gasteiger partial charge is 0.467 e. The molecule has 5 heteroatoms. The van der Waals surface area contributed by atoms with Crippen molar-refractivity contribution in [3.63, 3.8) is 0 Å². The van der Waals surface area contributed by atoms with Gasteiger partial charge in [0.15, 0.2) is 0 Å². The number of hydrogen-bond acceptors (Lipinski definition) is 3. The monoisotopic (exact) mass is 280 g/mol. The van der Waals surface area contributed by atoms with Gasteiger partial charge in [-0.1, -0.05) is 13.8 Å². The Kier molecular flexibility index (Phi) is 6.84. The molecule has 2 amide bonds. The van der Waals surface area contributed by atoms with E-state index in [0.717, 1.165) is 25.9 Å². The van der Waals surface area contributed by atoms with E-state index in [1.54, 1.807) is 18.4 Å². The number of nitrogens with zero attached hydrogens (tertiary/aromatic N) is 2. The van der Waals surface area contributed by atoms with Crippen molar-refractivity contribution in [1.29, 1.82) is 0 Å². The molecule has 0 aliphatic heterocycles. The number of hydrogen-bond donors (Lipinski definition) is 0. The maximum absolute atomic E-state index is 12.3. The summed E-state index contributed by atoms with van der Waals surface area (Å²) in [6, 6.07) is 3.58. The Morgan fingerprint density at radius 3 is 2.25 bits per heavy atom. The van der Waals surface area contributed by atoms with E-state index in [4.69, 9.17) is 4.42 Å². The zero-order valence-corrected chi connectivity index (χ0v) is 12.6. The lowest BCUT2D eigenvalue weighted by molar-refractivity contribution is -0.140. The molecule has 1 aromatic rings. The molecule has 0 saturated carbocycles. The highest BCUT2D eigenvalue weighted by Crippen LogP contribution is 2.07. The van der Waals surface area contributed by atoms with Crippen molar-refractivity contribution in [2.75, 3.05) is 19.6 Å². The Morgan fingerprint density at radius 2 is 1.80 bits per heavy atom.